The van der Waals surface area contributed by atoms with Crippen LogP contribution in [0.15, 0.2) is 54.6 Å². The molecule has 1 aliphatic rings. The standard InChI is InChI=1S/C31H32N2O3S/c1-4-8-20-12-14-21(15-13-20)26-18-24(22-9-6-7-10-25(22)32-26)29(34)33-30-28(31(35)36-5-2)23-16-11-19(3)17-27(23)37-30/h6-7,9-10,12-15,18-19H,4-5,8,11,16-17H2,1-3H3,(H,33,34). The molecule has 0 radical (unpaired) electrons. The summed E-state index contributed by atoms with van der Waals surface area (Å²) in [7, 11) is 0. The lowest BCUT2D eigenvalue weighted by molar-refractivity contribution is 0.0526. The topological polar surface area (TPSA) is 68.3 Å². The number of nitrogens with one attached hydrogen (secondary N) is 1. The molecular formula is C31H32N2O3S. The molecule has 0 saturated carbocycles. The van der Waals surface area contributed by atoms with E-state index in [9.17, 15) is 9.59 Å². The first-order chi connectivity index (χ1) is 18.0. The maximum Gasteiger partial charge on any atom is 0.341 e. The van der Waals surface area contributed by atoms with Gasteiger partial charge in [-0.15, -0.1) is 11.3 Å². The van der Waals surface area contributed by atoms with E-state index in [2.05, 4.69) is 43.4 Å². The Kier molecular flexibility index (Phi) is 7.38. The van der Waals surface area contributed by atoms with Crippen molar-refractivity contribution in [2.24, 2.45) is 5.92 Å². The van der Waals surface area contributed by atoms with Gasteiger partial charge in [0.25, 0.3) is 5.91 Å². The molecule has 0 fully saturated rings. The number of benzene rings is 2. The van der Waals surface area contributed by atoms with Crippen molar-refractivity contribution in [3.05, 3.63) is 81.7 Å². The number of para-hydroxylation sites is 1. The molecule has 0 saturated heterocycles. The van der Waals surface area contributed by atoms with Gasteiger partial charge in [-0.3, -0.25) is 4.79 Å². The summed E-state index contributed by atoms with van der Waals surface area (Å²) in [6.45, 7) is 6.49. The van der Waals surface area contributed by atoms with Gasteiger partial charge in [0.15, 0.2) is 0 Å². The third-order valence-corrected chi connectivity index (χ3v) is 8.14. The largest absolute Gasteiger partial charge is 0.462 e. The molecule has 2 aromatic carbocycles. The van der Waals surface area contributed by atoms with Gasteiger partial charge < -0.3 is 10.1 Å². The van der Waals surface area contributed by atoms with Crippen molar-refractivity contribution in [2.75, 3.05) is 11.9 Å². The summed E-state index contributed by atoms with van der Waals surface area (Å²) in [5.74, 6) is -0.0582. The van der Waals surface area contributed by atoms with E-state index in [-0.39, 0.29) is 11.9 Å². The second-order valence-electron chi connectivity index (χ2n) is 9.75. The average molecular weight is 513 g/mol. The normalized spacial score (nSPS) is 14.8. The van der Waals surface area contributed by atoms with Crippen molar-refractivity contribution in [3.63, 3.8) is 0 Å². The molecule has 5 nitrogen and oxygen atoms in total. The Balaban J connectivity index is 1.54. The van der Waals surface area contributed by atoms with E-state index in [1.54, 1.807) is 6.92 Å². The number of aromatic nitrogens is 1. The molecule has 0 bridgehead atoms. The average Bonchev–Trinajstić information content (AvgIpc) is 3.25. The number of rotatable bonds is 7. The van der Waals surface area contributed by atoms with Gasteiger partial charge in [0.05, 0.1) is 28.9 Å². The van der Waals surface area contributed by atoms with Gasteiger partial charge >= 0.3 is 5.97 Å². The van der Waals surface area contributed by atoms with Gasteiger partial charge in [-0.05, 0) is 61.8 Å². The van der Waals surface area contributed by atoms with Crippen molar-refractivity contribution in [1.82, 2.24) is 4.98 Å². The molecule has 1 atom stereocenters. The lowest BCUT2D eigenvalue weighted by Crippen LogP contribution is -2.17. The highest BCUT2D eigenvalue weighted by molar-refractivity contribution is 7.17. The fourth-order valence-electron chi connectivity index (χ4n) is 5.07. The molecule has 1 unspecified atom stereocenters. The smallest absolute Gasteiger partial charge is 0.341 e. The molecule has 0 spiro atoms. The number of carbonyl (C=O) groups is 2. The van der Waals surface area contributed by atoms with E-state index in [1.807, 2.05) is 30.3 Å². The van der Waals surface area contributed by atoms with Gasteiger partial charge in [-0.1, -0.05) is 62.7 Å². The van der Waals surface area contributed by atoms with Crippen molar-refractivity contribution in [1.29, 1.82) is 0 Å². The van der Waals surface area contributed by atoms with Crippen molar-refractivity contribution in [2.45, 2.75) is 52.9 Å². The fraction of sp³-hybridized carbons (Fsp3) is 0.323. The fourth-order valence-corrected chi connectivity index (χ4v) is 6.46. The predicted octanol–water partition coefficient (Wildman–Crippen LogP) is 7.47. The molecule has 37 heavy (non-hydrogen) atoms. The first-order valence-electron chi connectivity index (χ1n) is 13.1. The SMILES string of the molecule is CCCc1ccc(-c2cc(C(=O)Nc3sc4c(c3C(=O)OCC)CCC(C)C4)c3ccccc3n2)cc1. The van der Waals surface area contributed by atoms with Crippen LogP contribution in [0.3, 0.4) is 0 Å². The number of aryl methyl sites for hydroxylation is 1. The van der Waals surface area contributed by atoms with Crippen LogP contribution in [0.5, 0.6) is 0 Å². The minimum atomic E-state index is -0.364. The number of thiophene rings is 1. The van der Waals surface area contributed by atoms with Crippen molar-refractivity contribution < 1.29 is 14.3 Å². The third-order valence-electron chi connectivity index (χ3n) is 6.97. The van der Waals surface area contributed by atoms with Crippen LogP contribution in [-0.2, 0) is 24.0 Å². The minimum absolute atomic E-state index is 0.250. The molecule has 0 aliphatic heterocycles. The quantitative estimate of drug-likeness (QED) is 0.261. The Hall–Kier alpha value is -3.51. The molecule has 1 N–H and O–H groups in total. The summed E-state index contributed by atoms with van der Waals surface area (Å²) in [6.07, 6.45) is 4.90. The summed E-state index contributed by atoms with van der Waals surface area (Å²) in [6, 6.07) is 17.9. The van der Waals surface area contributed by atoms with E-state index >= 15 is 0 Å². The zero-order chi connectivity index (χ0) is 25.9. The molecule has 4 aromatic rings. The number of anilines is 1. The first-order valence-corrected chi connectivity index (χ1v) is 13.9. The summed E-state index contributed by atoms with van der Waals surface area (Å²) < 4.78 is 5.39. The molecule has 190 valence electrons. The van der Waals surface area contributed by atoms with E-state index in [0.717, 1.165) is 59.8 Å². The molecule has 5 rings (SSSR count). The number of hydrogen-bond acceptors (Lipinski definition) is 5. The van der Waals surface area contributed by atoms with E-state index in [1.165, 1.54) is 21.8 Å². The van der Waals surface area contributed by atoms with Gasteiger partial charge in [0.1, 0.15) is 5.00 Å². The van der Waals surface area contributed by atoms with Crippen molar-refractivity contribution >= 4 is 39.1 Å². The maximum absolute atomic E-state index is 13.8. The zero-order valence-corrected chi connectivity index (χ0v) is 22.4. The second kappa shape index (κ2) is 10.9. The number of hydrogen-bond donors (Lipinski definition) is 1. The second-order valence-corrected chi connectivity index (χ2v) is 10.9. The highest BCUT2D eigenvalue weighted by atomic mass is 32.1. The lowest BCUT2D eigenvalue weighted by atomic mass is 9.88. The zero-order valence-electron chi connectivity index (χ0n) is 21.6. The van der Waals surface area contributed by atoms with Crippen LogP contribution in [0, 0.1) is 5.92 Å². The molecule has 6 heteroatoms. The summed E-state index contributed by atoms with van der Waals surface area (Å²) in [4.78, 5) is 32.7. The van der Waals surface area contributed by atoms with Crippen LogP contribution in [0.2, 0.25) is 0 Å². The predicted molar refractivity (Wildman–Crippen MR) is 151 cm³/mol. The lowest BCUT2D eigenvalue weighted by Gasteiger charge is -2.18. The molecule has 2 aromatic heterocycles. The van der Waals surface area contributed by atoms with Gasteiger partial charge in [0, 0.05) is 15.8 Å². The highest BCUT2D eigenvalue weighted by Gasteiger charge is 2.29. The van der Waals surface area contributed by atoms with Crippen LogP contribution in [0.4, 0.5) is 5.00 Å². The monoisotopic (exact) mass is 512 g/mol. The van der Waals surface area contributed by atoms with E-state index < -0.39 is 0 Å². The Morgan fingerprint density at radius 1 is 1.11 bits per heavy atom. The van der Waals surface area contributed by atoms with Crippen molar-refractivity contribution in [3.8, 4) is 11.3 Å². The van der Waals surface area contributed by atoms with Crippen LogP contribution in [-0.4, -0.2) is 23.5 Å². The summed E-state index contributed by atoms with van der Waals surface area (Å²) in [5.41, 5.74) is 5.84. The number of fused-ring (bicyclic) bond motifs is 2. The van der Waals surface area contributed by atoms with Crippen LogP contribution in [0.1, 0.15) is 70.3 Å². The first kappa shape index (κ1) is 25.2. The molecule has 1 aliphatic carbocycles. The summed E-state index contributed by atoms with van der Waals surface area (Å²) >= 11 is 1.51. The maximum atomic E-state index is 13.8. The van der Waals surface area contributed by atoms with Gasteiger partial charge in [-0.2, -0.15) is 0 Å². The highest BCUT2D eigenvalue weighted by Crippen LogP contribution is 2.40. The number of carbonyl (C=O) groups excluding carboxylic acids is 2. The molecule has 2 heterocycles. The van der Waals surface area contributed by atoms with Gasteiger partial charge in [-0.25, -0.2) is 9.78 Å². The van der Waals surface area contributed by atoms with Gasteiger partial charge in [0.2, 0.25) is 0 Å². The van der Waals surface area contributed by atoms with Crippen LogP contribution < -0.4 is 5.32 Å². The third kappa shape index (κ3) is 5.16. The Labute approximate surface area is 221 Å². The van der Waals surface area contributed by atoms with E-state index in [0.29, 0.717) is 28.7 Å². The van der Waals surface area contributed by atoms with E-state index in [4.69, 9.17) is 9.72 Å². The van der Waals surface area contributed by atoms with Crippen LogP contribution in [0.25, 0.3) is 22.2 Å². The number of amides is 1. The molecule has 1 amide bonds. The summed E-state index contributed by atoms with van der Waals surface area (Å²) in [5, 5.41) is 4.44. The Morgan fingerprint density at radius 3 is 2.65 bits per heavy atom. The minimum Gasteiger partial charge on any atom is -0.462 e. The number of ether oxygens (including phenoxy) is 1. The number of pyridine rings is 1. The Morgan fingerprint density at radius 2 is 1.89 bits per heavy atom. The van der Waals surface area contributed by atoms with Crippen LogP contribution >= 0.6 is 11.3 Å². The Bertz CT molecular complexity index is 1460. The number of nitrogens with zero attached hydrogens (tertiary/aromatic N) is 1. The molecular weight excluding hydrogens is 480 g/mol. The number of esters is 1.